The lowest BCUT2D eigenvalue weighted by Crippen LogP contribution is -2.42. The van der Waals surface area contributed by atoms with Gasteiger partial charge >= 0.3 is 12.1 Å². The third-order valence-electron chi connectivity index (χ3n) is 3.76. The van der Waals surface area contributed by atoms with E-state index in [2.05, 4.69) is 9.97 Å². The highest BCUT2D eigenvalue weighted by Crippen LogP contribution is 2.23. The van der Waals surface area contributed by atoms with Crippen molar-refractivity contribution < 1.29 is 14.3 Å². The summed E-state index contributed by atoms with van der Waals surface area (Å²) in [6.07, 6.45) is 5.40. The van der Waals surface area contributed by atoms with Gasteiger partial charge in [-0.25, -0.2) is 9.78 Å². The zero-order chi connectivity index (χ0) is 17.6. The number of amides is 1. The van der Waals surface area contributed by atoms with E-state index in [9.17, 15) is 4.79 Å². The van der Waals surface area contributed by atoms with Crippen molar-refractivity contribution in [2.24, 2.45) is 5.92 Å². The summed E-state index contributed by atoms with van der Waals surface area (Å²) in [5.41, 5.74) is -0.450. The lowest BCUT2D eigenvalue weighted by molar-refractivity contribution is 0.0159. The standard InChI is InChI=1S/C17H26ClN3O3/c1-17(2,3)24-16(22)21-10-4-6-13(12-21)7-5-11-23-15-19-9-8-14(18)20-15/h8-9,13H,4-7,10-12H2,1-3H3/t13-/m1/s1. The number of hydrogen-bond acceptors (Lipinski definition) is 5. The van der Waals surface area contributed by atoms with Gasteiger partial charge in [0.2, 0.25) is 0 Å². The Morgan fingerprint density at radius 1 is 1.46 bits per heavy atom. The Bertz CT molecular complexity index is 548. The van der Waals surface area contributed by atoms with Crippen LogP contribution in [0.1, 0.15) is 46.5 Å². The Morgan fingerprint density at radius 2 is 2.25 bits per heavy atom. The van der Waals surface area contributed by atoms with E-state index in [1.165, 1.54) is 0 Å². The molecule has 1 saturated heterocycles. The van der Waals surface area contributed by atoms with Crippen LogP contribution in [0.15, 0.2) is 12.3 Å². The van der Waals surface area contributed by atoms with Crippen LogP contribution in [-0.2, 0) is 4.74 Å². The molecule has 0 radical (unpaired) electrons. The monoisotopic (exact) mass is 355 g/mol. The zero-order valence-corrected chi connectivity index (χ0v) is 15.4. The van der Waals surface area contributed by atoms with Gasteiger partial charge < -0.3 is 14.4 Å². The van der Waals surface area contributed by atoms with Gasteiger partial charge in [-0.15, -0.1) is 0 Å². The number of carbonyl (C=O) groups excluding carboxylic acids is 1. The summed E-state index contributed by atoms with van der Waals surface area (Å²) in [5, 5.41) is 0.375. The predicted molar refractivity (Wildman–Crippen MR) is 92.3 cm³/mol. The van der Waals surface area contributed by atoms with E-state index in [1.54, 1.807) is 12.3 Å². The number of rotatable bonds is 5. The number of ether oxygens (including phenoxy) is 2. The summed E-state index contributed by atoms with van der Waals surface area (Å²) in [7, 11) is 0. The minimum atomic E-state index is -0.450. The summed E-state index contributed by atoms with van der Waals surface area (Å²) in [4.78, 5) is 22.0. The van der Waals surface area contributed by atoms with Crippen LogP contribution in [0.4, 0.5) is 4.79 Å². The molecule has 1 fully saturated rings. The summed E-state index contributed by atoms with van der Waals surface area (Å²) < 4.78 is 11.0. The lowest BCUT2D eigenvalue weighted by atomic mass is 9.94. The maximum absolute atomic E-state index is 12.2. The number of aromatic nitrogens is 2. The molecule has 134 valence electrons. The molecule has 7 heteroatoms. The summed E-state index contributed by atoms with van der Waals surface area (Å²) in [6.45, 7) is 7.74. The number of carbonyl (C=O) groups is 1. The fourth-order valence-electron chi connectivity index (χ4n) is 2.72. The van der Waals surface area contributed by atoms with Crippen LogP contribution >= 0.6 is 11.6 Å². The second kappa shape index (κ2) is 8.51. The fourth-order valence-corrected chi connectivity index (χ4v) is 2.85. The quantitative estimate of drug-likeness (QED) is 0.591. The molecule has 2 heterocycles. The van der Waals surface area contributed by atoms with E-state index in [0.717, 1.165) is 38.8 Å². The average molecular weight is 356 g/mol. The minimum Gasteiger partial charge on any atom is -0.463 e. The normalized spacial score (nSPS) is 18.3. The lowest BCUT2D eigenvalue weighted by Gasteiger charge is -2.34. The molecule has 0 unspecified atom stereocenters. The van der Waals surface area contributed by atoms with E-state index < -0.39 is 5.60 Å². The van der Waals surface area contributed by atoms with Crippen LogP contribution in [0.25, 0.3) is 0 Å². The Morgan fingerprint density at radius 3 is 2.96 bits per heavy atom. The molecule has 1 aromatic rings. The van der Waals surface area contributed by atoms with Crippen molar-refractivity contribution in [3.63, 3.8) is 0 Å². The summed E-state index contributed by atoms with van der Waals surface area (Å²) in [6, 6.07) is 1.92. The molecule has 0 spiro atoms. The first-order valence-corrected chi connectivity index (χ1v) is 8.80. The molecule has 0 N–H and O–H groups in total. The molecular formula is C17H26ClN3O3. The van der Waals surface area contributed by atoms with Gasteiger partial charge in [-0.2, -0.15) is 4.98 Å². The molecule has 1 amide bonds. The predicted octanol–water partition coefficient (Wildman–Crippen LogP) is 3.94. The van der Waals surface area contributed by atoms with E-state index in [0.29, 0.717) is 23.7 Å². The number of hydrogen-bond donors (Lipinski definition) is 0. The Hall–Kier alpha value is -1.56. The third kappa shape index (κ3) is 6.51. The minimum absolute atomic E-state index is 0.212. The smallest absolute Gasteiger partial charge is 0.410 e. The van der Waals surface area contributed by atoms with Crippen LogP contribution in [-0.4, -0.2) is 46.3 Å². The molecule has 1 aromatic heterocycles. The molecule has 0 aromatic carbocycles. The van der Waals surface area contributed by atoms with Crippen LogP contribution in [0.5, 0.6) is 6.01 Å². The van der Waals surface area contributed by atoms with Gasteiger partial charge in [0, 0.05) is 19.3 Å². The van der Waals surface area contributed by atoms with E-state index in [1.807, 2.05) is 25.7 Å². The Labute approximate surface area is 148 Å². The molecule has 0 saturated carbocycles. The van der Waals surface area contributed by atoms with Crippen molar-refractivity contribution in [3.8, 4) is 6.01 Å². The number of nitrogens with zero attached hydrogens (tertiary/aromatic N) is 3. The highest BCUT2D eigenvalue weighted by atomic mass is 35.5. The second-order valence-electron chi connectivity index (χ2n) is 7.09. The maximum atomic E-state index is 12.2. The number of likely N-dealkylation sites (tertiary alicyclic amines) is 1. The zero-order valence-electron chi connectivity index (χ0n) is 14.6. The van der Waals surface area contributed by atoms with Gasteiger partial charge in [-0.3, -0.25) is 0 Å². The van der Waals surface area contributed by atoms with Crippen molar-refractivity contribution in [2.75, 3.05) is 19.7 Å². The van der Waals surface area contributed by atoms with Crippen molar-refractivity contribution >= 4 is 17.7 Å². The van der Waals surface area contributed by atoms with E-state index in [4.69, 9.17) is 21.1 Å². The topological polar surface area (TPSA) is 64.5 Å². The molecular weight excluding hydrogens is 330 g/mol. The van der Waals surface area contributed by atoms with Crippen LogP contribution < -0.4 is 4.74 Å². The van der Waals surface area contributed by atoms with Gasteiger partial charge in [0.1, 0.15) is 10.8 Å². The Kier molecular flexibility index (Phi) is 6.66. The van der Waals surface area contributed by atoms with E-state index >= 15 is 0 Å². The van der Waals surface area contributed by atoms with Crippen molar-refractivity contribution in [3.05, 3.63) is 17.4 Å². The molecule has 0 aliphatic carbocycles. The summed E-state index contributed by atoms with van der Waals surface area (Å²) >= 11 is 5.79. The highest BCUT2D eigenvalue weighted by Gasteiger charge is 2.27. The molecule has 6 nitrogen and oxygen atoms in total. The molecule has 1 aliphatic rings. The highest BCUT2D eigenvalue weighted by molar-refractivity contribution is 6.29. The van der Waals surface area contributed by atoms with Gasteiger partial charge in [-0.05, 0) is 58.4 Å². The number of halogens is 1. The largest absolute Gasteiger partial charge is 0.463 e. The van der Waals surface area contributed by atoms with Gasteiger partial charge in [-0.1, -0.05) is 11.6 Å². The molecule has 2 rings (SSSR count). The molecule has 1 aliphatic heterocycles. The SMILES string of the molecule is CC(C)(C)OC(=O)N1CCC[C@H](CCCOc2nccc(Cl)n2)C1. The maximum Gasteiger partial charge on any atom is 0.410 e. The first-order chi connectivity index (χ1) is 11.3. The van der Waals surface area contributed by atoms with Crippen LogP contribution in [0, 0.1) is 5.92 Å². The van der Waals surface area contributed by atoms with E-state index in [-0.39, 0.29) is 6.09 Å². The summed E-state index contributed by atoms with van der Waals surface area (Å²) in [5.74, 6) is 0.482. The van der Waals surface area contributed by atoms with Crippen LogP contribution in [0.3, 0.4) is 0 Å². The van der Waals surface area contributed by atoms with Crippen LogP contribution in [0.2, 0.25) is 5.15 Å². The first-order valence-electron chi connectivity index (χ1n) is 8.43. The Balaban J connectivity index is 1.70. The molecule has 0 bridgehead atoms. The van der Waals surface area contributed by atoms with Gasteiger partial charge in [0.25, 0.3) is 0 Å². The van der Waals surface area contributed by atoms with Gasteiger partial charge in [0.05, 0.1) is 6.61 Å². The third-order valence-corrected chi connectivity index (χ3v) is 3.97. The van der Waals surface area contributed by atoms with Gasteiger partial charge in [0.15, 0.2) is 0 Å². The number of piperidine rings is 1. The average Bonchev–Trinajstić information content (AvgIpc) is 2.50. The van der Waals surface area contributed by atoms with Crippen molar-refractivity contribution in [1.82, 2.24) is 14.9 Å². The molecule has 1 atom stereocenters. The fraction of sp³-hybridized carbons (Fsp3) is 0.706. The second-order valence-corrected chi connectivity index (χ2v) is 7.47. The first kappa shape index (κ1) is 18.8. The molecule has 24 heavy (non-hydrogen) atoms. The van der Waals surface area contributed by atoms with Crippen molar-refractivity contribution in [2.45, 2.75) is 52.1 Å². The van der Waals surface area contributed by atoms with Crippen molar-refractivity contribution in [1.29, 1.82) is 0 Å².